The maximum Gasteiger partial charge on any atom is 0.314 e. The van der Waals surface area contributed by atoms with Crippen LogP contribution in [0.15, 0.2) is 24.5 Å². The smallest absolute Gasteiger partial charge is 0.314 e. The first-order chi connectivity index (χ1) is 13.8. The Bertz CT molecular complexity index is 788. The minimum Gasteiger partial charge on any atom is -0.351 e. The summed E-state index contributed by atoms with van der Waals surface area (Å²) in [4.78, 5) is 29.4. The summed E-state index contributed by atoms with van der Waals surface area (Å²) in [6, 6.07) is 4.53. The summed E-state index contributed by atoms with van der Waals surface area (Å²) in [5.74, 6) is -4.64. The van der Waals surface area contributed by atoms with Crippen LogP contribution >= 0.6 is 0 Å². The SMILES string of the molecule is N#CCNC(=O)[C@@H](CC(F)(F)Cc1cccnc1)C1CC12CCN(C(N)=O)CC2. The Labute approximate surface area is 168 Å². The Morgan fingerprint density at radius 2 is 2.17 bits per heavy atom. The molecule has 156 valence electrons. The minimum absolute atomic E-state index is 0.184. The lowest BCUT2D eigenvalue weighted by Crippen LogP contribution is -2.43. The van der Waals surface area contributed by atoms with Crippen molar-refractivity contribution in [1.29, 1.82) is 5.26 Å². The van der Waals surface area contributed by atoms with Gasteiger partial charge in [-0.05, 0) is 42.2 Å². The fraction of sp³-hybridized carbons (Fsp3) is 0.600. The quantitative estimate of drug-likeness (QED) is 0.677. The molecule has 2 fully saturated rings. The third-order valence-electron chi connectivity index (χ3n) is 6.19. The van der Waals surface area contributed by atoms with E-state index in [4.69, 9.17) is 11.0 Å². The number of aromatic nitrogens is 1. The van der Waals surface area contributed by atoms with Crippen molar-refractivity contribution >= 4 is 11.9 Å². The summed E-state index contributed by atoms with van der Waals surface area (Å²) in [6.07, 6.45) is 3.83. The van der Waals surface area contributed by atoms with Gasteiger partial charge in [-0.25, -0.2) is 13.6 Å². The van der Waals surface area contributed by atoms with Crippen LogP contribution in [0.4, 0.5) is 13.6 Å². The predicted octanol–water partition coefficient (Wildman–Crippen LogP) is 2.09. The van der Waals surface area contributed by atoms with E-state index in [0.29, 0.717) is 37.9 Å². The average molecular weight is 405 g/mol. The van der Waals surface area contributed by atoms with Crippen LogP contribution in [-0.2, 0) is 11.2 Å². The van der Waals surface area contributed by atoms with Crippen molar-refractivity contribution in [2.45, 2.75) is 38.0 Å². The predicted molar refractivity (Wildman–Crippen MR) is 101 cm³/mol. The Morgan fingerprint density at radius 1 is 1.45 bits per heavy atom. The van der Waals surface area contributed by atoms with E-state index < -0.39 is 36.6 Å². The monoisotopic (exact) mass is 405 g/mol. The van der Waals surface area contributed by atoms with Gasteiger partial charge in [0.2, 0.25) is 5.91 Å². The lowest BCUT2D eigenvalue weighted by Gasteiger charge is -2.33. The van der Waals surface area contributed by atoms with Crippen LogP contribution in [0.25, 0.3) is 0 Å². The molecule has 1 spiro atoms. The maximum absolute atomic E-state index is 14.8. The van der Waals surface area contributed by atoms with Crippen molar-refractivity contribution in [3.8, 4) is 6.07 Å². The zero-order valence-electron chi connectivity index (χ0n) is 16.1. The highest BCUT2D eigenvalue weighted by atomic mass is 19.3. The van der Waals surface area contributed by atoms with Crippen molar-refractivity contribution in [2.75, 3.05) is 19.6 Å². The van der Waals surface area contributed by atoms with Gasteiger partial charge in [0.05, 0.1) is 6.07 Å². The van der Waals surface area contributed by atoms with Gasteiger partial charge in [-0.3, -0.25) is 9.78 Å². The molecule has 3 amide bonds. The second-order valence-corrected chi connectivity index (χ2v) is 8.08. The number of alkyl halides is 2. The second kappa shape index (κ2) is 8.31. The number of urea groups is 1. The third kappa shape index (κ3) is 5.00. The van der Waals surface area contributed by atoms with E-state index in [0.717, 1.165) is 0 Å². The number of amides is 3. The van der Waals surface area contributed by atoms with Crippen LogP contribution in [0.5, 0.6) is 0 Å². The largest absolute Gasteiger partial charge is 0.351 e. The number of piperidine rings is 1. The number of likely N-dealkylation sites (tertiary alicyclic amines) is 1. The highest BCUT2D eigenvalue weighted by Crippen LogP contribution is 2.63. The summed E-state index contributed by atoms with van der Waals surface area (Å²) in [6.45, 7) is 0.744. The highest BCUT2D eigenvalue weighted by Gasteiger charge is 2.60. The van der Waals surface area contributed by atoms with Gasteiger partial charge in [0.25, 0.3) is 5.92 Å². The van der Waals surface area contributed by atoms with Crippen LogP contribution in [0.3, 0.4) is 0 Å². The number of rotatable bonds is 7. The van der Waals surface area contributed by atoms with E-state index in [-0.39, 0.29) is 17.9 Å². The van der Waals surface area contributed by atoms with Gasteiger partial charge in [0, 0.05) is 44.2 Å². The topological polar surface area (TPSA) is 112 Å². The first-order valence-corrected chi connectivity index (χ1v) is 9.72. The van der Waals surface area contributed by atoms with Crippen molar-refractivity contribution in [1.82, 2.24) is 15.2 Å². The number of pyridine rings is 1. The Morgan fingerprint density at radius 3 is 2.76 bits per heavy atom. The third-order valence-corrected chi connectivity index (χ3v) is 6.19. The zero-order chi connectivity index (χ0) is 21.1. The standard InChI is InChI=1S/C20H25F2N5O2/c21-20(22,10-14-2-1-6-25-13-14)11-15(17(28)26-7-5-23)16-12-19(16)3-8-27(9-4-19)18(24)29/h1-2,6,13,15-16H,3-4,7-12H2,(H2,24,29)(H,26,28)/t15-,16?/m0/s1. The molecule has 2 atom stereocenters. The minimum atomic E-state index is -3.07. The summed E-state index contributed by atoms with van der Waals surface area (Å²) >= 11 is 0. The number of hydrogen-bond donors (Lipinski definition) is 2. The molecule has 3 rings (SSSR count). The molecule has 29 heavy (non-hydrogen) atoms. The molecule has 0 aromatic carbocycles. The van der Waals surface area contributed by atoms with Gasteiger partial charge < -0.3 is 16.0 Å². The number of nitrogens with zero attached hydrogens (tertiary/aromatic N) is 3. The normalized spacial score (nSPS) is 21.3. The summed E-state index contributed by atoms with van der Waals surface area (Å²) in [7, 11) is 0. The van der Waals surface area contributed by atoms with Crippen molar-refractivity contribution in [2.24, 2.45) is 23.0 Å². The van der Waals surface area contributed by atoms with Gasteiger partial charge in [0.15, 0.2) is 0 Å². The molecule has 1 aromatic rings. The van der Waals surface area contributed by atoms with Gasteiger partial charge >= 0.3 is 6.03 Å². The van der Waals surface area contributed by atoms with Crippen LogP contribution in [0.2, 0.25) is 0 Å². The molecule has 0 bridgehead atoms. The number of halogens is 2. The first-order valence-electron chi connectivity index (χ1n) is 9.72. The second-order valence-electron chi connectivity index (χ2n) is 8.08. The number of carbonyl (C=O) groups excluding carboxylic acids is 2. The van der Waals surface area contributed by atoms with E-state index in [9.17, 15) is 18.4 Å². The van der Waals surface area contributed by atoms with Gasteiger partial charge in [-0.1, -0.05) is 6.07 Å². The molecule has 1 aromatic heterocycles. The van der Waals surface area contributed by atoms with Crippen molar-refractivity contribution in [3.63, 3.8) is 0 Å². The number of nitriles is 1. The lowest BCUT2D eigenvalue weighted by atomic mass is 9.83. The molecular weight excluding hydrogens is 380 g/mol. The Balaban J connectivity index is 1.70. The fourth-order valence-corrected chi connectivity index (χ4v) is 4.57. The zero-order valence-corrected chi connectivity index (χ0v) is 16.1. The molecule has 1 aliphatic carbocycles. The number of primary amides is 1. The van der Waals surface area contributed by atoms with Crippen molar-refractivity contribution < 1.29 is 18.4 Å². The van der Waals surface area contributed by atoms with Gasteiger partial charge in [0.1, 0.15) is 6.54 Å². The van der Waals surface area contributed by atoms with E-state index in [1.165, 1.54) is 12.4 Å². The maximum atomic E-state index is 14.8. The van der Waals surface area contributed by atoms with Gasteiger partial charge in [-0.15, -0.1) is 0 Å². The Kier molecular flexibility index (Phi) is 6.01. The summed E-state index contributed by atoms with van der Waals surface area (Å²) in [5, 5.41) is 11.2. The molecule has 0 radical (unpaired) electrons. The van der Waals surface area contributed by atoms with Crippen LogP contribution < -0.4 is 11.1 Å². The summed E-state index contributed by atoms with van der Waals surface area (Å²) < 4.78 is 29.6. The molecule has 3 N–H and O–H groups in total. The lowest BCUT2D eigenvalue weighted by molar-refractivity contribution is -0.130. The van der Waals surface area contributed by atoms with Gasteiger partial charge in [-0.2, -0.15) is 5.26 Å². The highest BCUT2D eigenvalue weighted by molar-refractivity contribution is 5.80. The Hall–Kier alpha value is -2.76. The fourth-order valence-electron chi connectivity index (χ4n) is 4.57. The van der Waals surface area contributed by atoms with E-state index in [1.807, 2.05) is 6.07 Å². The molecule has 2 aliphatic rings. The molecule has 1 saturated heterocycles. The average Bonchev–Trinajstić information content (AvgIpc) is 3.37. The molecular formula is C20H25F2N5O2. The molecule has 9 heteroatoms. The number of carbonyl (C=O) groups is 2. The molecule has 2 heterocycles. The molecule has 1 aliphatic heterocycles. The first kappa shape index (κ1) is 21.0. The van der Waals surface area contributed by atoms with Crippen LogP contribution in [0.1, 0.15) is 31.2 Å². The number of hydrogen-bond acceptors (Lipinski definition) is 4. The van der Waals surface area contributed by atoms with Crippen LogP contribution in [-0.4, -0.2) is 47.4 Å². The number of nitrogens with one attached hydrogen (secondary N) is 1. The van der Waals surface area contributed by atoms with E-state index in [1.54, 1.807) is 17.0 Å². The molecule has 1 unspecified atom stereocenters. The van der Waals surface area contributed by atoms with E-state index in [2.05, 4.69) is 10.3 Å². The summed E-state index contributed by atoms with van der Waals surface area (Å²) in [5.41, 5.74) is 5.53. The van der Waals surface area contributed by atoms with Crippen LogP contribution in [0, 0.1) is 28.6 Å². The molecule has 1 saturated carbocycles. The van der Waals surface area contributed by atoms with Crippen molar-refractivity contribution in [3.05, 3.63) is 30.1 Å². The van der Waals surface area contributed by atoms with E-state index >= 15 is 0 Å². The molecule has 7 nitrogen and oxygen atoms in total. The number of nitrogens with two attached hydrogens (primary N) is 1.